The van der Waals surface area contributed by atoms with Crippen LogP contribution >= 0.6 is 0 Å². The molecule has 0 aromatic heterocycles. The van der Waals surface area contributed by atoms with Crippen molar-refractivity contribution in [3.63, 3.8) is 0 Å². The monoisotopic (exact) mass is 386 g/mol. The number of hydrogen-bond acceptors (Lipinski definition) is 3. The number of Topliss-reactive ketones (excluding diaryl/α,β-unsaturated/α-hetero) is 1. The van der Waals surface area contributed by atoms with Crippen LogP contribution in [-0.2, 0) is 9.53 Å². The lowest BCUT2D eigenvalue weighted by atomic mass is 9.35. The van der Waals surface area contributed by atoms with E-state index in [0.29, 0.717) is 36.1 Å². The highest BCUT2D eigenvalue weighted by molar-refractivity contribution is 5.87. The molecule has 1 aliphatic heterocycles. The van der Waals surface area contributed by atoms with Gasteiger partial charge in [0.25, 0.3) is 0 Å². The highest BCUT2D eigenvalue weighted by Gasteiger charge is 2.69. The van der Waals surface area contributed by atoms with E-state index >= 15 is 0 Å². The third-order valence-corrected chi connectivity index (χ3v) is 10.7. The molecule has 1 N–H and O–H groups in total. The molecule has 4 fully saturated rings. The van der Waals surface area contributed by atoms with Crippen LogP contribution in [0.15, 0.2) is 11.6 Å². The highest BCUT2D eigenvalue weighted by Crippen LogP contribution is 2.72. The minimum atomic E-state index is -0.816. The van der Waals surface area contributed by atoms with Gasteiger partial charge in [0.05, 0.1) is 6.61 Å². The van der Waals surface area contributed by atoms with Crippen molar-refractivity contribution >= 4 is 5.78 Å². The summed E-state index contributed by atoms with van der Waals surface area (Å²) in [6.45, 7) is 12.6. The molecule has 3 nitrogen and oxygen atoms in total. The average molecular weight is 387 g/mol. The van der Waals surface area contributed by atoms with E-state index in [0.717, 1.165) is 12.3 Å². The first-order valence-electron chi connectivity index (χ1n) is 11.6. The minimum absolute atomic E-state index is 0.134. The molecular formula is C25H38O3. The molecule has 0 aromatic rings. The fraction of sp³-hybridized carbons (Fsp3) is 0.880. The van der Waals surface area contributed by atoms with Gasteiger partial charge in [0.1, 0.15) is 5.78 Å². The summed E-state index contributed by atoms with van der Waals surface area (Å²) in [6, 6.07) is 0. The Balaban J connectivity index is 1.60. The van der Waals surface area contributed by atoms with E-state index < -0.39 is 11.7 Å². The molecule has 0 amide bonds. The van der Waals surface area contributed by atoms with E-state index in [1.807, 2.05) is 0 Å². The number of rotatable bonds is 0. The fourth-order valence-corrected chi connectivity index (χ4v) is 9.45. The molecule has 0 bridgehead atoms. The van der Waals surface area contributed by atoms with Gasteiger partial charge in [-0.25, -0.2) is 0 Å². The number of hydrogen-bond donors (Lipinski definition) is 1. The topological polar surface area (TPSA) is 46.5 Å². The summed E-state index contributed by atoms with van der Waals surface area (Å²) < 4.78 is 5.60. The molecule has 28 heavy (non-hydrogen) atoms. The second kappa shape index (κ2) is 5.72. The third-order valence-electron chi connectivity index (χ3n) is 10.7. The van der Waals surface area contributed by atoms with Crippen LogP contribution in [0.5, 0.6) is 0 Å². The zero-order chi connectivity index (χ0) is 20.1. The van der Waals surface area contributed by atoms with Gasteiger partial charge in [-0.15, -0.1) is 0 Å². The van der Waals surface area contributed by atoms with Gasteiger partial charge in [-0.1, -0.05) is 47.1 Å². The lowest BCUT2D eigenvalue weighted by molar-refractivity contribution is -0.210. The SMILES string of the molecule is CC1(C)CCC[C@]2(C)[C@H]3CC(=O)[C@]4(C)[C@@H]5C(=CC[C@H]4[C@]3(C)CC[C@@H]12)CO[C@H]5O. The molecule has 0 spiro atoms. The van der Waals surface area contributed by atoms with E-state index in [-0.39, 0.29) is 16.7 Å². The molecule has 1 saturated heterocycles. The molecule has 1 heterocycles. The molecule has 5 aliphatic rings. The molecule has 5 rings (SSSR count). The first-order valence-corrected chi connectivity index (χ1v) is 11.6. The van der Waals surface area contributed by atoms with Crippen molar-refractivity contribution in [3.05, 3.63) is 11.6 Å². The Bertz CT molecular complexity index is 738. The van der Waals surface area contributed by atoms with E-state index in [2.05, 4.69) is 40.7 Å². The van der Waals surface area contributed by atoms with Crippen molar-refractivity contribution in [2.45, 2.75) is 85.9 Å². The molecule has 4 aliphatic carbocycles. The number of allylic oxidation sites excluding steroid dienone is 1. The maximum atomic E-state index is 13.8. The Morgan fingerprint density at radius 1 is 1.00 bits per heavy atom. The number of fused-ring (bicyclic) bond motifs is 7. The van der Waals surface area contributed by atoms with Crippen molar-refractivity contribution in [2.75, 3.05) is 6.61 Å². The van der Waals surface area contributed by atoms with Gasteiger partial charge in [-0.3, -0.25) is 4.79 Å². The van der Waals surface area contributed by atoms with Crippen LogP contribution in [0.1, 0.15) is 79.6 Å². The van der Waals surface area contributed by atoms with Gasteiger partial charge >= 0.3 is 0 Å². The predicted octanol–water partition coefficient (Wildman–Crippen LogP) is 5.13. The number of ether oxygens (including phenoxy) is 1. The quantitative estimate of drug-likeness (QED) is 0.587. The zero-order valence-corrected chi connectivity index (χ0v) is 18.4. The van der Waals surface area contributed by atoms with Crippen LogP contribution in [0.4, 0.5) is 0 Å². The van der Waals surface area contributed by atoms with E-state index in [1.54, 1.807) is 0 Å². The van der Waals surface area contributed by atoms with E-state index in [9.17, 15) is 9.90 Å². The van der Waals surface area contributed by atoms with Gasteiger partial charge in [0, 0.05) is 17.8 Å². The van der Waals surface area contributed by atoms with Gasteiger partial charge in [-0.05, 0) is 71.7 Å². The van der Waals surface area contributed by atoms with Crippen molar-refractivity contribution in [2.24, 2.45) is 45.3 Å². The highest BCUT2D eigenvalue weighted by atomic mass is 16.6. The molecule has 8 atom stereocenters. The molecule has 156 valence electrons. The van der Waals surface area contributed by atoms with Crippen LogP contribution in [-0.4, -0.2) is 23.8 Å². The number of carbonyl (C=O) groups excluding carboxylic acids is 1. The number of aliphatic hydroxyl groups excluding tert-OH is 1. The zero-order valence-electron chi connectivity index (χ0n) is 18.4. The predicted molar refractivity (Wildman–Crippen MR) is 109 cm³/mol. The van der Waals surface area contributed by atoms with Gasteiger partial charge in [0.15, 0.2) is 6.29 Å². The summed E-state index contributed by atoms with van der Waals surface area (Å²) >= 11 is 0. The smallest absolute Gasteiger partial charge is 0.162 e. The number of aliphatic hydroxyl groups is 1. The minimum Gasteiger partial charge on any atom is -0.367 e. The molecule has 0 unspecified atom stereocenters. The van der Waals surface area contributed by atoms with Crippen molar-refractivity contribution in [1.29, 1.82) is 0 Å². The standard InChI is InChI=1S/C25H38O3/c1-22(2)10-6-11-23(3)16(22)9-12-24(4)17-8-7-15-14-28-21(27)20(15)25(17,5)19(26)13-18(23)24/h7,16-18,20-21,27H,6,8-14H2,1-5H3/t16-,17-,18+,20+,21+,23-,24-,25+/m0/s1. The summed E-state index contributed by atoms with van der Waals surface area (Å²) in [5.41, 5.74) is 1.51. The summed E-state index contributed by atoms with van der Waals surface area (Å²) in [5.74, 6) is 1.77. The summed E-state index contributed by atoms with van der Waals surface area (Å²) in [7, 11) is 0. The Morgan fingerprint density at radius 3 is 2.46 bits per heavy atom. The fourth-order valence-electron chi connectivity index (χ4n) is 9.45. The molecule has 0 aromatic carbocycles. The van der Waals surface area contributed by atoms with E-state index in [4.69, 9.17) is 4.74 Å². The summed E-state index contributed by atoms with van der Waals surface area (Å²) in [4.78, 5) is 13.8. The lowest BCUT2D eigenvalue weighted by Crippen LogP contribution is -2.65. The largest absolute Gasteiger partial charge is 0.367 e. The van der Waals surface area contributed by atoms with Crippen molar-refractivity contribution in [3.8, 4) is 0 Å². The first-order chi connectivity index (χ1) is 13.0. The summed E-state index contributed by atoms with van der Waals surface area (Å²) in [5, 5.41) is 10.6. The van der Waals surface area contributed by atoms with Crippen LogP contribution in [0.2, 0.25) is 0 Å². The van der Waals surface area contributed by atoms with Crippen LogP contribution in [0, 0.1) is 45.3 Å². The third kappa shape index (κ3) is 2.16. The normalized spacial score (nSPS) is 54.9. The van der Waals surface area contributed by atoms with Gasteiger partial charge in [-0.2, -0.15) is 0 Å². The molecule has 3 heteroatoms. The first kappa shape index (κ1) is 19.3. The second-order valence-corrected chi connectivity index (χ2v) is 12.2. The maximum absolute atomic E-state index is 13.8. The Morgan fingerprint density at radius 2 is 1.71 bits per heavy atom. The van der Waals surface area contributed by atoms with Crippen LogP contribution < -0.4 is 0 Å². The Kier molecular flexibility index (Phi) is 3.95. The van der Waals surface area contributed by atoms with E-state index in [1.165, 1.54) is 37.7 Å². The molecule has 3 saturated carbocycles. The molecular weight excluding hydrogens is 348 g/mol. The van der Waals surface area contributed by atoms with Crippen LogP contribution in [0.3, 0.4) is 0 Å². The number of ketones is 1. The van der Waals surface area contributed by atoms with Gasteiger partial charge < -0.3 is 9.84 Å². The lowest BCUT2D eigenvalue weighted by Gasteiger charge is -2.69. The summed E-state index contributed by atoms with van der Waals surface area (Å²) in [6.07, 6.45) is 9.57. The van der Waals surface area contributed by atoms with Crippen molar-refractivity contribution < 1.29 is 14.6 Å². The Labute approximate surface area is 170 Å². The Hall–Kier alpha value is -0.670. The number of carbonyl (C=O) groups is 1. The van der Waals surface area contributed by atoms with Crippen LogP contribution in [0.25, 0.3) is 0 Å². The second-order valence-electron chi connectivity index (χ2n) is 12.2. The maximum Gasteiger partial charge on any atom is 0.162 e. The van der Waals surface area contributed by atoms with Gasteiger partial charge in [0.2, 0.25) is 0 Å². The van der Waals surface area contributed by atoms with Crippen molar-refractivity contribution in [1.82, 2.24) is 0 Å². The average Bonchev–Trinajstić information content (AvgIpc) is 2.99. The molecule has 0 radical (unpaired) electrons.